The average Bonchev–Trinajstić information content (AvgIpc) is 3.42. The zero-order valence-electron chi connectivity index (χ0n) is 19.0. The van der Waals surface area contributed by atoms with Gasteiger partial charge in [0.1, 0.15) is 17.2 Å². The van der Waals surface area contributed by atoms with E-state index in [4.69, 9.17) is 6.42 Å². The molecule has 8 heteroatoms. The van der Waals surface area contributed by atoms with Crippen molar-refractivity contribution >= 4 is 33.8 Å². The van der Waals surface area contributed by atoms with Crippen LogP contribution in [0.25, 0.3) is 21.9 Å². The normalized spacial score (nSPS) is 11.0. The van der Waals surface area contributed by atoms with Gasteiger partial charge in [0, 0.05) is 47.1 Å². The molecule has 0 saturated carbocycles. The molecule has 0 aliphatic carbocycles. The lowest BCUT2D eigenvalue weighted by molar-refractivity contribution is 0.103. The van der Waals surface area contributed by atoms with Crippen molar-refractivity contribution in [3.05, 3.63) is 95.0 Å². The number of hydrogen-bond donors (Lipinski definition) is 1. The minimum Gasteiger partial charge on any atom is -0.340 e. The number of nitrogens with zero attached hydrogens (tertiary/aromatic N) is 4. The van der Waals surface area contributed by atoms with Gasteiger partial charge in [0.25, 0.3) is 0 Å². The molecule has 3 heterocycles. The number of amides is 1. The van der Waals surface area contributed by atoms with E-state index in [9.17, 15) is 9.59 Å². The third-order valence-corrected chi connectivity index (χ3v) is 6.05. The first-order chi connectivity index (χ1) is 16.9. The monoisotopic (exact) mass is 465 g/mol. The second-order valence-electron chi connectivity index (χ2n) is 8.06. The lowest BCUT2D eigenvalue weighted by Crippen LogP contribution is -2.23. The molecule has 5 aromatic rings. The average molecular weight is 465 g/mol. The predicted octanol–water partition coefficient (Wildman–Crippen LogP) is 4.28. The summed E-state index contributed by atoms with van der Waals surface area (Å²) in [5.74, 6) is 2.36. The SMILES string of the molecule is C#Cc1cccc2c1c(C(=O)c1ccc(Cn3c(C)nc4cnccc43)c(F)c1)cn2C(=O)NC. The van der Waals surface area contributed by atoms with Crippen LogP contribution in [0, 0.1) is 25.1 Å². The largest absolute Gasteiger partial charge is 0.340 e. The van der Waals surface area contributed by atoms with Crippen LogP contribution >= 0.6 is 0 Å². The Hall–Kier alpha value is -4.77. The molecule has 2 aromatic carbocycles. The van der Waals surface area contributed by atoms with Gasteiger partial charge in [-0.2, -0.15) is 0 Å². The summed E-state index contributed by atoms with van der Waals surface area (Å²) in [5, 5.41) is 3.02. The third-order valence-electron chi connectivity index (χ3n) is 6.05. The summed E-state index contributed by atoms with van der Waals surface area (Å²) in [5.41, 5.74) is 3.35. The summed E-state index contributed by atoms with van der Waals surface area (Å²) in [7, 11) is 1.50. The first kappa shape index (κ1) is 22.0. The molecule has 1 N–H and O–H groups in total. The first-order valence-corrected chi connectivity index (χ1v) is 10.9. The number of benzene rings is 2. The molecule has 1 amide bonds. The van der Waals surface area contributed by atoms with E-state index in [-0.39, 0.29) is 17.7 Å². The van der Waals surface area contributed by atoms with Crippen molar-refractivity contribution in [2.45, 2.75) is 13.5 Å². The van der Waals surface area contributed by atoms with Gasteiger partial charge < -0.3 is 9.88 Å². The number of rotatable bonds is 4. The van der Waals surface area contributed by atoms with E-state index >= 15 is 4.39 Å². The molecule has 0 spiro atoms. The molecule has 0 saturated heterocycles. The van der Waals surface area contributed by atoms with Crippen LogP contribution in [0.15, 0.2) is 61.1 Å². The molecular weight excluding hydrogens is 445 g/mol. The van der Waals surface area contributed by atoms with Crippen LogP contribution in [0.4, 0.5) is 9.18 Å². The van der Waals surface area contributed by atoms with Crippen LogP contribution in [0.2, 0.25) is 0 Å². The molecule has 0 atom stereocenters. The standard InChI is InChI=1S/C27H20FN5O2/c1-4-17-6-5-7-24-25(17)20(15-33(24)27(35)29-3)26(34)18-8-9-19(21(28)12-18)14-32-16(2)31-22-13-30-11-10-23(22)32/h1,5-13,15H,14H2,2-3H3,(H,29,35). The number of nitrogens with one attached hydrogen (secondary N) is 1. The molecule has 172 valence electrons. The number of carbonyl (C=O) groups excluding carboxylic acids is 2. The van der Waals surface area contributed by atoms with Gasteiger partial charge >= 0.3 is 6.03 Å². The number of terminal acetylenes is 1. The number of fused-ring (bicyclic) bond motifs is 2. The zero-order valence-corrected chi connectivity index (χ0v) is 19.0. The van der Waals surface area contributed by atoms with Gasteiger partial charge in [-0.15, -0.1) is 6.42 Å². The zero-order chi connectivity index (χ0) is 24.7. The Kier molecular flexibility index (Phi) is 5.38. The molecular formula is C27H20FN5O2. The van der Waals surface area contributed by atoms with Gasteiger partial charge in [0.2, 0.25) is 0 Å². The van der Waals surface area contributed by atoms with Crippen LogP contribution in [0.5, 0.6) is 0 Å². The molecule has 3 aromatic heterocycles. The van der Waals surface area contributed by atoms with Crippen LogP contribution < -0.4 is 5.32 Å². The number of halogens is 1. The number of imidazole rings is 1. The Morgan fingerprint density at radius 2 is 2.00 bits per heavy atom. The van der Waals surface area contributed by atoms with Gasteiger partial charge in [-0.05, 0) is 31.2 Å². The second-order valence-corrected chi connectivity index (χ2v) is 8.06. The minimum absolute atomic E-state index is 0.158. The fourth-order valence-electron chi connectivity index (χ4n) is 4.31. The van der Waals surface area contributed by atoms with Crippen molar-refractivity contribution in [3.63, 3.8) is 0 Å². The summed E-state index contributed by atoms with van der Waals surface area (Å²) in [6.45, 7) is 2.10. The Morgan fingerprint density at radius 1 is 1.17 bits per heavy atom. The maximum absolute atomic E-state index is 15.2. The Labute approximate surface area is 200 Å². The number of aryl methyl sites for hydroxylation is 1. The maximum Gasteiger partial charge on any atom is 0.325 e. The van der Waals surface area contributed by atoms with Gasteiger partial charge in [-0.1, -0.05) is 24.1 Å². The van der Waals surface area contributed by atoms with E-state index in [2.05, 4.69) is 21.2 Å². The van der Waals surface area contributed by atoms with E-state index in [0.717, 1.165) is 16.9 Å². The van der Waals surface area contributed by atoms with Gasteiger partial charge in [-0.25, -0.2) is 14.2 Å². The summed E-state index contributed by atoms with van der Waals surface area (Å²) in [6.07, 6.45) is 10.4. The molecule has 0 bridgehead atoms. The molecule has 0 aliphatic heterocycles. The van der Waals surface area contributed by atoms with Crippen molar-refractivity contribution in [1.29, 1.82) is 0 Å². The lowest BCUT2D eigenvalue weighted by atomic mass is 9.98. The fourth-order valence-corrected chi connectivity index (χ4v) is 4.31. The maximum atomic E-state index is 15.2. The fraction of sp³-hybridized carbons (Fsp3) is 0.111. The molecule has 0 unspecified atom stereocenters. The highest BCUT2D eigenvalue weighted by Gasteiger charge is 2.22. The van der Waals surface area contributed by atoms with Crippen molar-refractivity contribution in [2.75, 3.05) is 7.05 Å². The molecule has 5 rings (SSSR count). The van der Waals surface area contributed by atoms with Crippen molar-refractivity contribution in [3.8, 4) is 12.3 Å². The predicted molar refractivity (Wildman–Crippen MR) is 131 cm³/mol. The van der Waals surface area contributed by atoms with E-state index in [1.807, 2.05) is 17.6 Å². The summed E-state index contributed by atoms with van der Waals surface area (Å²) < 4.78 is 18.4. The third kappa shape index (κ3) is 3.63. The molecule has 7 nitrogen and oxygen atoms in total. The van der Waals surface area contributed by atoms with E-state index < -0.39 is 17.6 Å². The topological polar surface area (TPSA) is 81.8 Å². The summed E-state index contributed by atoms with van der Waals surface area (Å²) >= 11 is 0. The minimum atomic E-state index is -0.515. The smallest absolute Gasteiger partial charge is 0.325 e. The van der Waals surface area contributed by atoms with Gasteiger partial charge in [0.05, 0.1) is 23.8 Å². The van der Waals surface area contributed by atoms with Crippen LogP contribution in [-0.2, 0) is 6.54 Å². The van der Waals surface area contributed by atoms with Crippen LogP contribution in [-0.4, -0.2) is 38.0 Å². The Bertz CT molecular complexity index is 1690. The molecule has 0 radical (unpaired) electrons. The van der Waals surface area contributed by atoms with E-state index in [1.165, 1.54) is 23.9 Å². The number of carbonyl (C=O) groups is 2. The number of pyridine rings is 1. The van der Waals surface area contributed by atoms with Crippen molar-refractivity contribution in [1.82, 2.24) is 24.4 Å². The summed E-state index contributed by atoms with van der Waals surface area (Å²) in [6, 6.07) is 10.9. The number of ketones is 1. The van der Waals surface area contributed by atoms with Crippen LogP contribution in [0.1, 0.15) is 32.9 Å². The molecule has 35 heavy (non-hydrogen) atoms. The van der Waals surface area contributed by atoms with E-state index in [1.54, 1.807) is 42.7 Å². The molecule has 0 aliphatic rings. The highest BCUT2D eigenvalue weighted by atomic mass is 19.1. The van der Waals surface area contributed by atoms with Gasteiger partial charge in [-0.3, -0.25) is 14.3 Å². The van der Waals surface area contributed by atoms with Crippen molar-refractivity contribution in [2.24, 2.45) is 0 Å². The van der Waals surface area contributed by atoms with Crippen LogP contribution in [0.3, 0.4) is 0 Å². The van der Waals surface area contributed by atoms with Crippen molar-refractivity contribution < 1.29 is 14.0 Å². The lowest BCUT2D eigenvalue weighted by Gasteiger charge is -2.09. The first-order valence-electron chi connectivity index (χ1n) is 10.9. The Morgan fingerprint density at radius 3 is 2.74 bits per heavy atom. The highest BCUT2D eigenvalue weighted by Crippen LogP contribution is 2.28. The van der Waals surface area contributed by atoms with Gasteiger partial charge in [0.15, 0.2) is 5.78 Å². The Balaban J connectivity index is 1.55. The second kappa shape index (κ2) is 8.54. The quantitative estimate of drug-likeness (QED) is 0.317. The number of hydrogen-bond acceptors (Lipinski definition) is 4. The summed E-state index contributed by atoms with van der Waals surface area (Å²) in [4.78, 5) is 34.4. The van der Waals surface area contributed by atoms with E-state index in [0.29, 0.717) is 22.0 Å². The number of aromatic nitrogens is 4. The highest BCUT2D eigenvalue weighted by molar-refractivity contribution is 6.18. The molecule has 0 fully saturated rings.